The highest BCUT2D eigenvalue weighted by Gasteiger charge is 2.14. The van der Waals surface area contributed by atoms with Gasteiger partial charge in [-0.2, -0.15) is 0 Å². The van der Waals surface area contributed by atoms with Crippen LogP contribution in [0.3, 0.4) is 0 Å². The summed E-state index contributed by atoms with van der Waals surface area (Å²) in [6.07, 6.45) is 0. The summed E-state index contributed by atoms with van der Waals surface area (Å²) in [7, 11) is 2.99. The van der Waals surface area contributed by atoms with E-state index < -0.39 is 0 Å². The van der Waals surface area contributed by atoms with Gasteiger partial charge in [0, 0.05) is 5.39 Å². The largest absolute Gasteiger partial charge is 0.493 e. The maximum absolute atomic E-state index is 11.9. The zero-order valence-corrected chi connectivity index (χ0v) is 8.61. The van der Waals surface area contributed by atoms with Crippen LogP contribution in [-0.2, 0) is 5.11 Å². The van der Waals surface area contributed by atoms with Crippen molar-refractivity contribution in [3.8, 4) is 17.2 Å². The normalized spacial score (nSPS) is 10.3. The molecule has 77 valence electrons. The minimum atomic E-state index is -0.132. The first-order valence-electron chi connectivity index (χ1n) is 4.58. The smallest absolute Gasteiger partial charge is 0.232 e. The van der Waals surface area contributed by atoms with E-state index in [1.165, 1.54) is 14.2 Å². The van der Waals surface area contributed by atoms with Gasteiger partial charge in [-0.15, -0.1) is 0 Å². The number of fused-ring (bicyclic) bond motifs is 1. The fourth-order valence-corrected chi connectivity index (χ4v) is 1.62. The van der Waals surface area contributed by atoms with Crippen molar-refractivity contribution < 1.29 is 14.6 Å². The summed E-state index contributed by atoms with van der Waals surface area (Å²) in [5.74, 6) is 0.602. The molecule has 0 unspecified atom stereocenters. The Kier molecular flexibility index (Phi) is 2.37. The molecule has 0 aliphatic carbocycles. The first-order valence-corrected chi connectivity index (χ1v) is 4.58. The summed E-state index contributed by atoms with van der Waals surface area (Å²) in [5, 5.41) is 13.4. The van der Waals surface area contributed by atoms with Crippen molar-refractivity contribution in [3.63, 3.8) is 0 Å². The van der Waals surface area contributed by atoms with Crippen LogP contribution < -0.4 is 9.47 Å². The van der Waals surface area contributed by atoms with Crippen LogP contribution in [0.1, 0.15) is 0 Å². The Morgan fingerprint density at radius 2 is 1.80 bits per heavy atom. The average Bonchev–Trinajstić information content (AvgIpc) is 2.29. The van der Waals surface area contributed by atoms with Gasteiger partial charge in [-0.25, -0.2) is 0 Å². The first kappa shape index (κ1) is 9.65. The number of ether oxygens (including phenoxy) is 2. The maximum atomic E-state index is 11.9. The lowest BCUT2D eigenvalue weighted by atomic mass is 10.1. The van der Waals surface area contributed by atoms with Crippen LogP contribution in [0, 0.1) is 0 Å². The predicted octanol–water partition coefficient (Wildman–Crippen LogP) is 3.00. The van der Waals surface area contributed by atoms with Gasteiger partial charge in [0.05, 0.1) is 14.2 Å². The average molecular weight is 203 g/mol. The van der Waals surface area contributed by atoms with Crippen molar-refractivity contribution in [2.45, 2.75) is 0 Å². The summed E-state index contributed by atoms with van der Waals surface area (Å²) in [4.78, 5) is 0. The van der Waals surface area contributed by atoms with Crippen molar-refractivity contribution in [1.29, 1.82) is 0 Å². The first-order chi connectivity index (χ1) is 7.27. The van der Waals surface area contributed by atoms with Gasteiger partial charge in [0.15, 0.2) is 5.75 Å². The maximum Gasteiger partial charge on any atom is 0.232 e. The molecule has 0 aliphatic heterocycles. The van der Waals surface area contributed by atoms with E-state index in [0.717, 1.165) is 5.39 Å². The van der Waals surface area contributed by atoms with Gasteiger partial charge in [-0.1, -0.05) is 24.3 Å². The highest BCUT2D eigenvalue weighted by Crippen LogP contribution is 2.42. The van der Waals surface area contributed by atoms with E-state index in [1.807, 2.05) is 18.2 Å². The summed E-state index contributed by atoms with van der Waals surface area (Å²) in [5.41, 5.74) is 0. The molecule has 0 aliphatic rings. The third kappa shape index (κ3) is 1.46. The SMILES string of the molecule is COc1cc2ccccc2c([O])c1OC. The molecule has 0 heterocycles. The molecule has 3 nitrogen and oxygen atoms in total. The van der Waals surface area contributed by atoms with Crippen molar-refractivity contribution in [2.24, 2.45) is 0 Å². The molecule has 2 rings (SSSR count). The molecule has 3 heteroatoms. The molecule has 2 aromatic rings. The van der Waals surface area contributed by atoms with Gasteiger partial charge in [-0.3, -0.25) is 5.11 Å². The Labute approximate surface area is 87.9 Å². The van der Waals surface area contributed by atoms with Crippen LogP contribution >= 0.6 is 0 Å². The van der Waals surface area contributed by atoms with Crippen molar-refractivity contribution in [1.82, 2.24) is 0 Å². The van der Waals surface area contributed by atoms with Crippen LogP contribution in [-0.4, -0.2) is 14.2 Å². The molecule has 0 aromatic heterocycles. The zero-order chi connectivity index (χ0) is 10.8. The lowest BCUT2D eigenvalue weighted by Gasteiger charge is -2.09. The standard InChI is InChI=1S/C12H11O3/c1-14-10-7-8-5-3-4-6-9(8)11(13)12(10)15-2/h3-7H,1-2H3. The minimum absolute atomic E-state index is 0.132. The van der Waals surface area contributed by atoms with Crippen molar-refractivity contribution >= 4 is 10.8 Å². The van der Waals surface area contributed by atoms with E-state index in [0.29, 0.717) is 11.1 Å². The second-order valence-corrected chi connectivity index (χ2v) is 3.16. The van der Waals surface area contributed by atoms with Crippen LogP contribution in [0.25, 0.3) is 10.8 Å². The fourth-order valence-electron chi connectivity index (χ4n) is 1.62. The molecule has 0 spiro atoms. The van der Waals surface area contributed by atoms with Crippen LogP contribution in [0.4, 0.5) is 0 Å². The molecule has 0 N–H and O–H groups in total. The van der Waals surface area contributed by atoms with Crippen LogP contribution in [0.15, 0.2) is 30.3 Å². The van der Waals surface area contributed by atoms with E-state index in [4.69, 9.17) is 9.47 Å². The molecule has 2 aromatic carbocycles. The highest BCUT2D eigenvalue weighted by atomic mass is 16.5. The second-order valence-electron chi connectivity index (χ2n) is 3.16. The summed E-state index contributed by atoms with van der Waals surface area (Å²) < 4.78 is 10.1. The number of rotatable bonds is 2. The molecular formula is C12H11O3. The molecule has 15 heavy (non-hydrogen) atoms. The van der Waals surface area contributed by atoms with Gasteiger partial charge in [0.2, 0.25) is 11.5 Å². The molecule has 0 saturated carbocycles. The highest BCUT2D eigenvalue weighted by molar-refractivity contribution is 5.92. The monoisotopic (exact) mass is 203 g/mol. The molecule has 0 atom stereocenters. The fraction of sp³-hybridized carbons (Fsp3) is 0.167. The molecule has 1 radical (unpaired) electrons. The Bertz CT molecular complexity index is 491. The second kappa shape index (κ2) is 3.69. The third-order valence-electron chi connectivity index (χ3n) is 2.35. The number of hydrogen-bond donors (Lipinski definition) is 0. The molecule has 0 fully saturated rings. The third-order valence-corrected chi connectivity index (χ3v) is 2.35. The quantitative estimate of drug-likeness (QED) is 0.752. The summed E-state index contributed by atoms with van der Waals surface area (Å²) in [6, 6.07) is 9.16. The van der Waals surface area contributed by atoms with E-state index in [2.05, 4.69) is 0 Å². The molecule has 0 bridgehead atoms. The van der Waals surface area contributed by atoms with Gasteiger partial charge < -0.3 is 9.47 Å². The summed E-state index contributed by atoms with van der Waals surface area (Å²) >= 11 is 0. The van der Waals surface area contributed by atoms with Crippen LogP contribution in [0.2, 0.25) is 0 Å². The van der Waals surface area contributed by atoms with Crippen molar-refractivity contribution in [3.05, 3.63) is 30.3 Å². The topological polar surface area (TPSA) is 38.4 Å². The predicted molar refractivity (Wildman–Crippen MR) is 57.2 cm³/mol. The van der Waals surface area contributed by atoms with Crippen molar-refractivity contribution in [2.75, 3.05) is 14.2 Å². The molecule has 0 saturated heterocycles. The number of benzene rings is 2. The lowest BCUT2D eigenvalue weighted by molar-refractivity contribution is 0.302. The van der Waals surface area contributed by atoms with Gasteiger partial charge in [-0.05, 0) is 11.5 Å². The molecular weight excluding hydrogens is 192 g/mol. The van der Waals surface area contributed by atoms with Crippen LogP contribution in [0.5, 0.6) is 17.2 Å². The van der Waals surface area contributed by atoms with E-state index in [9.17, 15) is 5.11 Å². The Morgan fingerprint density at radius 3 is 2.47 bits per heavy atom. The Balaban J connectivity index is 2.81. The number of methoxy groups -OCH3 is 2. The summed E-state index contributed by atoms with van der Waals surface area (Å²) in [6.45, 7) is 0. The zero-order valence-electron chi connectivity index (χ0n) is 8.61. The minimum Gasteiger partial charge on any atom is -0.493 e. The van der Waals surface area contributed by atoms with E-state index in [1.54, 1.807) is 12.1 Å². The molecule has 0 amide bonds. The van der Waals surface area contributed by atoms with Gasteiger partial charge in [0.1, 0.15) is 0 Å². The van der Waals surface area contributed by atoms with Gasteiger partial charge >= 0.3 is 0 Å². The Morgan fingerprint density at radius 1 is 1.07 bits per heavy atom. The van der Waals surface area contributed by atoms with E-state index >= 15 is 0 Å². The Hall–Kier alpha value is -1.90. The van der Waals surface area contributed by atoms with Gasteiger partial charge in [0.25, 0.3) is 0 Å². The lowest BCUT2D eigenvalue weighted by Crippen LogP contribution is -1.91. The van der Waals surface area contributed by atoms with E-state index in [-0.39, 0.29) is 11.5 Å². The number of hydrogen-bond acceptors (Lipinski definition) is 2.